The summed E-state index contributed by atoms with van der Waals surface area (Å²) in [6.45, 7) is 12.4. The smallest absolute Gasteiger partial charge is 0.272 e. The second-order valence-corrected chi connectivity index (χ2v) is 10.3. The van der Waals surface area contributed by atoms with E-state index in [4.69, 9.17) is 5.10 Å². The molecule has 0 spiro atoms. The Morgan fingerprint density at radius 2 is 1.55 bits per heavy atom. The van der Waals surface area contributed by atoms with Crippen LogP contribution in [-0.2, 0) is 0 Å². The van der Waals surface area contributed by atoms with Gasteiger partial charge in [-0.3, -0.25) is 9.69 Å². The third-order valence-corrected chi connectivity index (χ3v) is 7.46. The van der Waals surface area contributed by atoms with E-state index in [9.17, 15) is 4.79 Å². The van der Waals surface area contributed by atoms with E-state index < -0.39 is 0 Å². The monoisotopic (exact) mass is 504 g/mol. The van der Waals surface area contributed by atoms with Gasteiger partial charge < -0.3 is 4.90 Å². The lowest BCUT2D eigenvalue weighted by atomic mass is 10.0. The fraction of sp³-hybridized carbons (Fsp3) is 0.273. The molecule has 5 nitrogen and oxygen atoms in total. The Morgan fingerprint density at radius 1 is 0.816 bits per heavy atom. The molecule has 0 unspecified atom stereocenters. The van der Waals surface area contributed by atoms with Gasteiger partial charge in [-0.15, -0.1) is 0 Å². The Morgan fingerprint density at radius 3 is 2.29 bits per heavy atom. The van der Waals surface area contributed by atoms with E-state index in [0.717, 1.165) is 47.7 Å². The quantitative estimate of drug-likeness (QED) is 0.312. The van der Waals surface area contributed by atoms with E-state index in [2.05, 4.69) is 105 Å². The molecule has 0 atom stereocenters. The Balaban J connectivity index is 1.37. The van der Waals surface area contributed by atoms with E-state index in [1.807, 2.05) is 21.7 Å². The first-order valence-corrected chi connectivity index (χ1v) is 13.4. The van der Waals surface area contributed by atoms with Crippen molar-refractivity contribution in [3.63, 3.8) is 0 Å². The molecule has 5 heteroatoms. The number of amides is 1. The number of aromatic nitrogens is 2. The Bertz CT molecular complexity index is 1460. The molecule has 0 saturated carbocycles. The van der Waals surface area contributed by atoms with Crippen LogP contribution in [0.3, 0.4) is 0 Å². The Labute approximate surface area is 226 Å². The molecule has 1 saturated heterocycles. The van der Waals surface area contributed by atoms with E-state index >= 15 is 0 Å². The normalized spacial score (nSPS) is 14.4. The standard InChI is InChI=1S/C33H36N4O/c1-24-12-13-26(3)31(21-24)37-32(23-30(34-37)29-15-14-25(2)27(4)22-29)33(38)36-19-17-35(18-20-36)16-8-11-28-9-6-5-7-10-28/h5-15,21-23H,16-20H2,1-4H3/b11-8+. The third kappa shape index (κ3) is 5.63. The molecule has 1 amide bonds. The predicted molar refractivity (Wildman–Crippen MR) is 156 cm³/mol. The van der Waals surface area contributed by atoms with E-state index in [1.54, 1.807) is 0 Å². The van der Waals surface area contributed by atoms with E-state index in [1.165, 1.54) is 16.7 Å². The molecule has 1 fully saturated rings. The number of carbonyl (C=O) groups excluding carboxylic acids is 1. The lowest BCUT2D eigenvalue weighted by Gasteiger charge is -2.34. The van der Waals surface area contributed by atoms with E-state index in [0.29, 0.717) is 18.8 Å². The summed E-state index contributed by atoms with van der Waals surface area (Å²) >= 11 is 0. The number of nitrogens with zero attached hydrogens (tertiary/aromatic N) is 4. The van der Waals surface area contributed by atoms with Gasteiger partial charge in [-0.2, -0.15) is 5.10 Å². The van der Waals surface area contributed by atoms with Crippen molar-refractivity contribution in [2.45, 2.75) is 27.7 Å². The number of aryl methyl sites for hydroxylation is 4. The minimum absolute atomic E-state index is 0.0352. The third-order valence-electron chi connectivity index (χ3n) is 7.46. The SMILES string of the molecule is Cc1ccc(C)c(-n2nc(-c3ccc(C)c(C)c3)cc2C(=O)N2CCN(C/C=C/c3ccccc3)CC2)c1. The summed E-state index contributed by atoms with van der Waals surface area (Å²) in [6.07, 6.45) is 4.37. The summed E-state index contributed by atoms with van der Waals surface area (Å²) in [5.74, 6) is 0.0352. The number of carbonyl (C=O) groups is 1. The van der Waals surface area contributed by atoms with Crippen LogP contribution >= 0.6 is 0 Å². The average Bonchev–Trinajstić information content (AvgIpc) is 3.37. The molecular weight excluding hydrogens is 468 g/mol. The van der Waals surface area contributed by atoms with Gasteiger partial charge in [0.15, 0.2) is 0 Å². The topological polar surface area (TPSA) is 41.4 Å². The van der Waals surface area contributed by atoms with Gasteiger partial charge in [0.25, 0.3) is 5.91 Å². The summed E-state index contributed by atoms with van der Waals surface area (Å²) < 4.78 is 1.85. The molecule has 5 rings (SSSR count). The first-order chi connectivity index (χ1) is 18.4. The van der Waals surface area contributed by atoms with Crippen LogP contribution in [-0.4, -0.2) is 58.2 Å². The van der Waals surface area contributed by atoms with Gasteiger partial charge in [-0.05, 0) is 73.7 Å². The maximum atomic E-state index is 13.9. The highest BCUT2D eigenvalue weighted by molar-refractivity contribution is 5.94. The Hall–Kier alpha value is -3.96. The van der Waals surface area contributed by atoms with E-state index in [-0.39, 0.29) is 5.91 Å². The van der Waals surface area contributed by atoms with Crippen LogP contribution in [0.1, 0.15) is 38.3 Å². The molecular formula is C33H36N4O. The van der Waals surface area contributed by atoms with Crippen molar-refractivity contribution in [1.29, 1.82) is 0 Å². The zero-order valence-electron chi connectivity index (χ0n) is 22.8. The van der Waals surface area contributed by atoms with Crippen LogP contribution in [0.15, 0.2) is 78.9 Å². The van der Waals surface area contributed by atoms with Gasteiger partial charge in [-0.25, -0.2) is 4.68 Å². The van der Waals surface area contributed by atoms with Gasteiger partial charge in [0.1, 0.15) is 5.69 Å². The van der Waals surface area contributed by atoms with Crippen molar-refractivity contribution in [3.8, 4) is 16.9 Å². The van der Waals surface area contributed by atoms with Crippen molar-refractivity contribution in [2.24, 2.45) is 0 Å². The van der Waals surface area contributed by atoms with Gasteiger partial charge in [0.2, 0.25) is 0 Å². The van der Waals surface area contributed by atoms with Crippen LogP contribution in [0, 0.1) is 27.7 Å². The fourth-order valence-electron chi connectivity index (χ4n) is 4.90. The maximum Gasteiger partial charge on any atom is 0.272 e. The van der Waals surface area contributed by atoms with Gasteiger partial charge in [0, 0.05) is 38.3 Å². The summed E-state index contributed by atoms with van der Waals surface area (Å²) in [5, 5.41) is 4.97. The molecule has 194 valence electrons. The number of rotatable bonds is 6. The highest BCUT2D eigenvalue weighted by Gasteiger charge is 2.26. The lowest BCUT2D eigenvalue weighted by molar-refractivity contribution is 0.0641. The highest BCUT2D eigenvalue weighted by atomic mass is 16.2. The molecule has 1 aliphatic rings. The number of hydrogen-bond donors (Lipinski definition) is 0. The number of benzene rings is 3. The summed E-state index contributed by atoms with van der Waals surface area (Å²) in [4.78, 5) is 18.3. The van der Waals surface area contributed by atoms with Crippen molar-refractivity contribution < 1.29 is 4.79 Å². The van der Waals surface area contributed by atoms with Crippen LogP contribution in [0.2, 0.25) is 0 Å². The molecule has 1 aliphatic heterocycles. The predicted octanol–water partition coefficient (Wildman–Crippen LogP) is 6.24. The van der Waals surface area contributed by atoms with Gasteiger partial charge in [-0.1, -0.05) is 66.7 Å². The van der Waals surface area contributed by atoms with Gasteiger partial charge in [0.05, 0.1) is 11.4 Å². The molecule has 0 N–H and O–H groups in total. The zero-order valence-corrected chi connectivity index (χ0v) is 22.8. The van der Waals surface area contributed by atoms with Crippen molar-refractivity contribution in [3.05, 3.63) is 112 Å². The molecule has 2 heterocycles. The molecule has 0 bridgehead atoms. The number of hydrogen-bond acceptors (Lipinski definition) is 3. The second kappa shape index (κ2) is 11.2. The largest absolute Gasteiger partial charge is 0.335 e. The number of piperazine rings is 1. The molecule has 4 aromatic rings. The average molecular weight is 505 g/mol. The van der Waals surface area contributed by atoms with Gasteiger partial charge >= 0.3 is 0 Å². The van der Waals surface area contributed by atoms with Crippen molar-refractivity contribution in [1.82, 2.24) is 19.6 Å². The first-order valence-electron chi connectivity index (χ1n) is 13.4. The lowest BCUT2D eigenvalue weighted by Crippen LogP contribution is -2.49. The van der Waals surface area contributed by atoms with Crippen LogP contribution in [0.4, 0.5) is 0 Å². The zero-order chi connectivity index (χ0) is 26.6. The molecule has 0 radical (unpaired) electrons. The second-order valence-electron chi connectivity index (χ2n) is 10.3. The molecule has 38 heavy (non-hydrogen) atoms. The Kier molecular flexibility index (Phi) is 7.57. The van der Waals surface area contributed by atoms with Crippen molar-refractivity contribution in [2.75, 3.05) is 32.7 Å². The fourth-order valence-corrected chi connectivity index (χ4v) is 4.90. The summed E-state index contributed by atoms with van der Waals surface area (Å²) in [6, 6.07) is 25.0. The van der Waals surface area contributed by atoms with Crippen LogP contribution in [0.25, 0.3) is 23.0 Å². The van der Waals surface area contributed by atoms with Crippen LogP contribution < -0.4 is 0 Å². The maximum absolute atomic E-state index is 13.9. The van der Waals surface area contributed by atoms with Crippen molar-refractivity contribution >= 4 is 12.0 Å². The molecule has 1 aromatic heterocycles. The molecule has 3 aromatic carbocycles. The minimum atomic E-state index is 0.0352. The summed E-state index contributed by atoms with van der Waals surface area (Å²) in [7, 11) is 0. The van der Waals surface area contributed by atoms with Crippen LogP contribution in [0.5, 0.6) is 0 Å². The highest BCUT2D eigenvalue weighted by Crippen LogP contribution is 2.26. The first kappa shape index (κ1) is 25.7. The molecule has 0 aliphatic carbocycles. The summed E-state index contributed by atoms with van der Waals surface area (Å²) in [5.41, 5.74) is 9.32. The minimum Gasteiger partial charge on any atom is -0.335 e.